The first kappa shape index (κ1) is 14.3. The molecule has 106 valence electrons. The topological polar surface area (TPSA) is 50.5 Å². The van der Waals surface area contributed by atoms with Gasteiger partial charge in [0.25, 0.3) is 0 Å². The van der Waals surface area contributed by atoms with Crippen molar-refractivity contribution in [2.45, 2.75) is 38.1 Å². The maximum atomic E-state index is 5.92. The molecule has 1 aliphatic heterocycles. The molecule has 18 heavy (non-hydrogen) atoms. The Bertz CT molecular complexity index is 211. The molecule has 4 nitrogen and oxygen atoms in total. The van der Waals surface area contributed by atoms with Gasteiger partial charge in [-0.15, -0.1) is 0 Å². The summed E-state index contributed by atoms with van der Waals surface area (Å²) in [6.07, 6.45) is 6.34. The molecule has 1 heterocycles. The Kier molecular flexibility index (Phi) is 6.41. The van der Waals surface area contributed by atoms with E-state index in [4.69, 9.17) is 10.5 Å². The van der Waals surface area contributed by atoms with Crippen LogP contribution in [-0.4, -0.2) is 56.9 Å². The predicted molar refractivity (Wildman–Crippen MR) is 74.7 cm³/mol. The lowest BCUT2D eigenvalue weighted by atomic mass is 9.86. The van der Waals surface area contributed by atoms with Crippen LogP contribution in [0, 0.1) is 5.92 Å². The zero-order valence-corrected chi connectivity index (χ0v) is 11.6. The first-order valence-corrected chi connectivity index (χ1v) is 7.61. The highest BCUT2D eigenvalue weighted by molar-refractivity contribution is 4.75. The second-order valence-corrected chi connectivity index (χ2v) is 5.79. The average molecular weight is 255 g/mol. The van der Waals surface area contributed by atoms with Gasteiger partial charge in [-0.25, -0.2) is 0 Å². The Hall–Kier alpha value is -0.160. The lowest BCUT2D eigenvalue weighted by Gasteiger charge is -2.27. The second-order valence-electron chi connectivity index (χ2n) is 5.79. The molecule has 0 radical (unpaired) electrons. The molecule has 0 aromatic heterocycles. The normalized spacial score (nSPS) is 30.5. The molecule has 2 rings (SSSR count). The van der Waals surface area contributed by atoms with E-state index in [1.807, 2.05) is 0 Å². The van der Waals surface area contributed by atoms with Gasteiger partial charge in [-0.1, -0.05) is 0 Å². The van der Waals surface area contributed by atoms with Crippen LogP contribution in [-0.2, 0) is 4.74 Å². The first-order chi connectivity index (χ1) is 8.84. The largest absolute Gasteiger partial charge is 0.379 e. The molecule has 0 bridgehead atoms. The molecule has 1 saturated heterocycles. The van der Waals surface area contributed by atoms with Gasteiger partial charge < -0.3 is 15.8 Å². The fraction of sp³-hybridized carbons (Fsp3) is 1.00. The van der Waals surface area contributed by atoms with Crippen molar-refractivity contribution in [2.24, 2.45) is 11.7 Å². The van der Waals surface area contributed by atoms with Crippen molar-refractivity contribution >= 4 is 0 Å². The van der Waals surface area contributed by atoms with Crippen LogP contribution in [0.3, 0.4) is 0 Å². The Morgan fingerprint density at radius 3 is 2.56 bits per heavy atom. The molecule has 1 aliphatic carbocycles. The lowest BCUT2D eigenvalue weighted by Crippen LogP contribution is -2.38. The number of hydrogen-bond donors (Lipinski definition) is 2. The fourth-order valence-electron chi connectivity index (χ4n) is 2.95. The molecule has 0 amide bonds. The van der Waals surface area contributed by atoms with Gasteiger partial charge in [0, 0.05) is 19.1 Å². The number of morpholine rings is 1. The minimum Gasteiger partial charge on any atom is -0.379 e. The second kappa shape index (κ2) is 8.10. The predicted octanol–water partition coefficient (Wildman–Crippen LogP) is 0.816. The molecular weight excluding hydrogens is 226 g/mol. The van der Waals surface area contributed by atoms with E-state index in [0.29, 0.717) is 6.04 Å². The fourth-order valence-corrected chi connectivity index (χ4v) is 2.95. The quantitative estimate of drug-likeness (QED) is 0.690. The maximum Gasteiger partial charge on any atom is 0.0594 e. The van der Waals surface area contributed by atoms with E-state index in [1.165, 1.54) is 45.2 Å². The smallest absolute Gasteiger partial charge is 0.0594 e. The number of nitrogens with zero attached hydrogens (tertiary/aromatic N) is 1. The molecule has 2 aliphatic rings. The van der Waals surface area contributed by atoms with Crippen LogP contribution >= 0.6 is 0 Å². The van der Waals surface area contributed by atoms with Gasteiger partial charge in [-0.2, -0.15) is 0 Å². The van der Waals surface area contributed by atoms with Crippen LogP contribution in [0.15, 0.2) is 0 Å². The third-order valence-electron chi connectivity index (χ3n) is 4.26. The Morgan fingerprint density at radius 2 is 1.83 bits per heavy atom. The number of hydrogen-bond acceptors (Lipinski definition) is 4. The zero-order chi connectivity index (χ0) is 12.6. The van der Waals surface area contributed by atoms with E-state index >= 15 is 0 Å². The average Bonchev–Trinajstić information content (AvgIpc) is 2.42. The minimum atomic E-state index is 0.475. The third kappa shape index (κ3) is 5.22. The number of rotatable bonds is 6. The molecular formula is C14H29N3O. The van der Waals surface area contributed by atoms with Crippen molar-refractivity contribution in [1.29, 1.82) is 0 Å². The van der Waals surface area contributed by atoms with Crippen molar-refractivity contribution in [1.82, 2.24) is 10.2 Å². The summed E-state index contributed by atoms with van der Waals surface area (Å²) in [5.41, 5.74) is 5.92. The van der Waals surface area contributed by atoms with Crippen LogP contribution < -0.4 is 11.1 Å². The number of nitrogens with one attached hydrogen (secondary N) is 1. The van der Waals surface area contributed by atoms with Crippen molar-refractivity contribution in [2.75, 3.05) is 45.9 Å². The van der Waals surface area contributed by atoms with Gasteiger partial charge in [-0.3, -0.25) is 4.90 Å². The highest BCUT2D eigenvalue weighted by Crippen LogP contribution is 2.22. The summed E-state index contributed by atoms with van der Waals surface area (Å²) in [5, 5.41) is 3.61. The van der Waals surface area contributed by atoms with Gasteiger partial charge in [0.1, 0.15) is 0 Å². The van der Waals surface area contributed by atoms with E-state index in [-0.39, 0.29) is 0 Å². The summed E-state index contributed by atoms with van der Waals surface area (Å²) in [4.78, 5) is 2.50. The molecule has 3 N–H and O–H groups in total. The van der Waals surface area contributed by atoms with E-state index in [9.17, 15) is 0 Å². The Morgan fingerprint density at radius 1 is 1.11 bits per heavy atom. The summed E-state index contributed by atoms with van der Waals surface area (Å²) in [6, 6.07) is 0.475. The summed E-state index contributed by atoms with van der Waals surface area (Å²) < 4.78 is 5.35. The zero-order valence-electron chi connectivity index (χ0n) is 11.6. The standard InChI is InChI=1S/C14H29N3O/c15-14-4-2-13(3-5-14)12-16-6-1-7-17-8-10-18-11-9-17/h13-14,16H,1-12,15H2/t13-,14-. The van der Waals surface area contributed by atoms with Crippen molar-refractivity contribution < 1.29 is 4.74 Å². The van der Waals surface area contributed by atoms with Crippen LogP contribution in [0.5, 0.6) is 0 Å². The monoisotopic (exact) mass is 255 g/mol. The van der Waals surface area contributed by atoms with Crippen LogP contribution in [0.2, 0.25) is 0 Å². The van der Waals surface area contributed by atoms with Gasteiger partial charge in [0.05, 0.1) is 13.2 Å². The molecule has 0 atom stereocenters. The summed E-state index contributed by atoms with van der Waals surface area (Å²) in [5.74, 6) is 0.869. The SMILES string of the molecule is N[C@H]1CC[C@H](CNCCCN2CCOCC2)CC1. The van der Waals surface area contributed by atoms with E-state index in [1.54, 1.807) is 0 Å². The molecule has 0 aromatic carbocycles. The number of ether oxygens (including phenoxy) is 1. The Labute approximate surface area is 111 Å². The van der Waals surface area contributed by atoms with E-state index < -0.39 is 0 Å². The first-order valence-electron chi connectivity index (χ1n) is 7.61. The third-order valence-corrected chi connectivity index (χ3v) is 4.26. The number of nitrogens with two attached hydrogens (primary N) is 1. The minimum absolute atomic E-state index is 0.475. The lowest BCUT2D eigenvalue weighted by molar-refractivity contribution is 0.0374. The van der Waals surface area contributed by atoms with Gasteiger partial charge in [-0.05, 0) is 57.7 Å². The molecule has 4 heteroatoms. The molecule has 0 spiro atoms. The summed E-state index contributed by atoms with van der Waals surface area (Å²) in [6.45, 7) is 7.61. The summed E-state index contributed by atoms with van der Waals surface area (Å²) >= 11 is 0. The van der Waals surface area contributed by atoms with E-state index in [2.05, 4.69) is 10.2 Å². The Balaban J connectivity index is 1.43. The maximum absolute atomic E-state index is 5.92. The van der Waals surface area contributed by atoms with Crippen LogP contribution in [0.25, 0.3) is 0 Å². The van der Waals surface area contributed by atoms with Gasteiger partial charge in [0.2, 0.25) is 0 Å². The van der Waals surface area contributed by atoms with Crippen LogP contribution in [0.1, 0.15) is 32.1 Å². The molecule has 2 fully saturated rings. The molecule has 1 saturated carbocycles. The highest BCUT2D eigenvalue weighted by Gasteiger charge is 2.17. The molecule has 0 unspecified atom stereocenters. The molecule has 0 aromatic rings. The van der Waals surface area contributed by atoms with Crippen molar-refractivity contribution in [3.8, 4) is 0 Å². The van der Waals surface area contributed by atoms with Crippen molar-refractivity contribution in [3.63, 3.8) is 0 Å². The van der Waals surface area contributed by atoms with Gasteiger partial charge >= 0.3 is 0 Å². The van der Waals surface area contributed by atoms with Gasteiger partial charge in [0.15, 0.2) is 0 Å². The van der Waals surface area contributed by atoms with E-state index in [0.717, 1.165) is 38.8 Å². The van der Waals surface area contributed by atoms with Crippen LogP contribution in [0.4, 0.5) is 0 Å². The van der Waals surface area contributed by atoms with Crippen molar-refractivity contribution in [3.05, 3.63) is 0 Å². The highest BCUT2D eigenvalue weighted by atomic mass is 16.5. The summed E-state index contributed by atoms with van der Waals surface area (Å²) in [7, 11) is 0.